The fraction of sp³-hybridized carbons (Fsp3) is 0.200. The van der Waals surface area contributed by atoms with E-state index in [0.29, 0.717) is 6.54 Å². The number of carbonyl (C=O) groups is 1. The lowest BCUT2D eigenvalue weighted by Crippen LogP contribution is -2.27. The van der Waals surface area contributed by atoms with Gasteiger partial charge in [0.15, 0.2) is 0 Å². The van der Waals surface area contributed by atoms with Gasteiger partial charge in [-0.15, -0.1) is 0 Å². The molecule has 4 nitrogen and oxygen atoms in total. The van der Waals surface area contributed by atoms with E-state index in [2.05, 4.69) is 10.3 Å². The number of aromatic nitrogens is 1. The van der Waals surface area contributed by atoms with E-state index in [-0.39, 0.29) is 23.1 Å². The Hall–Kier alpha value is -2.36. The summed E-state index contributed by atoms with van der Waals surface area (Å²) < 4.78 is 0. The number of aromatic hydroxyl groups is 1. The van der Waals surface area contributed by atoms with Gasteiger partial charge in [-0.3, -0.25) is 9.78 Å². The van der Waals surface area contributed by atoms with Gasteiger partial charge in [0.1, 0.15) is 5.75 Å². The van der Waals surface area contributed by atoms with Crippen LogP contribution in [0.1, 0.15) is 28.8 Å². The molecule has 0 aliphatic rings. The maximum atomic E-state index is 11.9. The summed E-state index contributed by atoms with van der Waals surface area (Å²) in [6.07, 6.45) is 2.74. The summed E-state index contributed by atoms with van der Waals surface area (Å²) >= 11 is 0. The smallest absolute Gasteiger partial charge is 0.255 e. The van der Waals surface area contributed by atoms with E-state index in [1.54, 1.807) is 0 Å². The largest absolute Gasteiger partial charge is 0.505 e. The van der Waals surface area contributed by atoms with Crippen LogP contribution in [0.2, 0.25) is 0 Å². The molecule has 0 aliphatic heterocycles. The van der Waals surface area contributed by atoms with Crippen LogP contribution in [0.25, 0.3) is 0 Å². The van der Waals surface area contributed by atoms with Crippen molar-refractivity contribution in [3.05, 3.63) is 59.9 Å². The Morgan fingerprint density at radius 2 is 2.05 bits per heavy atom. The number of nitrogens with zero attached hydrogens (tertiary/aromatic N) is 1. The third kappa shape index (κ3) is 3.31. The van der Waals surface area contributed by atoms with Gasteiger partial charge in [-0.1, -0.05) is 37.3 Å². The first-order chi connectivity index (χ1) is 9.18. The molecule has 4 heteroatoms. The van der Waals surface area contributed by atoms with Crippen molar-refractivity contribution in [1.29, 1.82) is 0 Å². The minimum Gasteiger partial charge on any atom is -0.505 e. The molecule has 0 radical (unpaired) electrons. The molecular formula is C15H16N2O2. The SMILES string of the molecule is CC(CNC(=O)c1ccncc1O)c1ccccc1. The highest BCUT2D eigenvalue weighted by Crippen LogP contribution is 2.15. The quantitative estimate of drug-likeness (QED) is 0.882. The summed E-state index contributed by atoms with van der Waals surface area (Å²) in [5, 5.41) is 12.4. The third-order valence-corrected chi connectivity index (χ3v) is 2.98. The van der Waals surface area contributed by atoms with Crippen LogP contribution in [-0.4, -0.2) is 22.5 Å². The van der Waals surface area contributed by atoms with Crippen LogP contribution < -0.4 is 5.32 Å². The molecule has 2 rings (SSSR count). The number of hydrogen-bond donors (Lipinski definition) is 2. The topological polar surface area (TPSA) is 62.2 Å². The molecule has 1 atom stereocenters. The van der Waals surface area contributed by atoms with Crippen molar-refractivity contribution in [2.45, 2.75) is 12.8 Å². The molecule has 0 fully saturated rings. The van der Waals surface area contributed by atoms with Crippen LogP contribution in [-0.2, 0) is 0 Å². The summed E-state index contributed by atoms with van der Waals surface area (Å²) in [5.74, 6) is -0.177. The van der Waals surface area contributed by atoms with E-state index in [1.807, 2.05) is 37.3 Å². The number of rotatable bonds is 4. The lowest BCUT2D eigenvalue weighted by atomic mass is 10.0. The number of hydrogen-bond acceptors (Lipinski definition) is 3. The fourth-order valence-electron chi connectivity index (χ4n) is 1.82. The lowest BCUT2D eigenvalue weighted by Gasteiger charge is -2.13. The molecule has 2 N–H and O–H groups in total. The third-order valence-electron chi connectivity index (χ3n) is 2.98. The zero-order valence-electron chi connectivity index (χ0n) is 10.7. The molecule has 2 aromatic rings. The van der Waals surface area contributed by atoms with Crippen LogP contribution >= 0.6 is 0 Å². The normalized spacial score (nSPS) is 11.8. The number of amides is 1. The lowest BCUT2D eigenvalue weighted by molar-refractivity contribution is 0.0949. The molecule has 0 saturated carbocycles. The summed E-state index contributed by atoms with van der Waals surface area (Å²) in [7, 11) is 0. The van der Waals surface area contributed by atoms with Gasteiger partial charge in [0, 0.05) is 12.7 Å². The van der Waals surface area contributed by atoms with Crippen molar-refractivity contribution in [2.75, 3.05) is 6.54 Å². The minimum absolute atomic E-state index is 0.104. The maximum Gasteiger partial charge on any atom is 0.255 e. The standard InChI is InChI=1S/C15H16N2O2/c1-11(12-5-3-2-4-6-12)9-17-15(19)13-7-8-16-10-14(13)18/h2-8,10-11,18H,9H2,1H3,(H,17,19). The van der Waals surface area contributed by atoms with Crippen molar-refractivity contribution >= 4 is 5.91 Å². The van der Waals surface area contributed by atoms with Crippen molar-refractivity contribution < 1.29 is 9.90 Å². The molecule has 0 spiro atoms. The molecule has 1 aromatic carbocycles. The predicted molar refractivity (Wildman–Crippen MR) is 73.1 cm³/mol. The second kappa shape index (κ2) is 6.00. The van der Waals surface area contributed by atoms with Gasteiger partial charge in [0.25, 0.3) is 5.91 Å². The first-order valence-electron chi connectivity index (χ1n) is 6.14. The summed E-state index contributed by atoms with van der Waals surface area (Å²) in [6, 6.07) is 11.5. The van der Waals surface area contributed by atoms with Crippen molar-refractivity contribution in [3.63, 3.8) is 0 Å². The van der Waals surface area contributed by atoms with Gasteiger partial charge in [-0.2, -0.15) is 0 Å². The van der Waals surface area contributed by atoms with Gasteiger partial charge < -0.3 is 10.4 Å². The molecule has 0 saturated heterocycles. The molecule has 1 amide bonds. The zero-order chi connectivity index (χ0) is 13.7. The number of pyridine rings is 1. The maximum absolute atomic E-state index is 11.9. The zero-order valence-corrected chi connectivity index (χ0v) is 10.7. The Morgan fingerprint density at radius 1 is 1.32 bits per heavy atom. The van der Waals surface area contributed by atoms with E-state index >= 15 is 0 Å². The van der Waals surface area contributed by atoms with E-state index in [0.717, 1.165) is 0 Å². The Morgan fingerprint density at radius 3 is 2.74 bits per heavy atom. The highest BCUT2D eigenvalue weighted by molar-refractivity contribution is 5.96. The minimum atomic E-state index is -0.289. The summed E-state index contributed by atoms with van der Waals surface area (Å²) in [4.78, 5) is 15.6. The molecule has 1 aromatic heterocycles. The second-order valence-corrected chi connectivity index (χ2v) is 4.41. The number of nitrogens with one attached hydrogen (secondary N) is 1. The van der Waals surface area contributed by atoms with E-state index < -0.39 is 0 Å². The molecule has 0 bridgehead atoms. The van der Waals surface area contributed by atoms with Gasteiger partial charge in [0.05, 0.1) is 11.8 Å². The van der Waals surface area contributed by atoms with Crippen molar-refractivity contribution in [2.24, 2.45) is 0 Å². The van der Waals surface area contributed by atoms with Gasteiger partial charge in [-0.05, 0) is 17.5 Å². The highest BCUT2D eigenvalue weighted by atomic mass is 16.3. The predicted octanol–water partition coefficient (Wildman–Crippen LogP) is 2.32. The van der Waals surface area contributed by atoms with Crippen molar-refractivity contribution in [3.8, 4) is 5.75 Å². The fourth-order valence-corrected chi connectivity index (χ4v) is 1.82. The monoisotopic (exact) mass is 256 g/mol. The molecule has 0 aliphatic carbocycles. The van der Waals surface area contributed by atoms with Gasteiger partial charge in [-0.25, -0.2) is 0 Å². The summed E-state index contributed by atoms with van der Waals surface area (Å²) in [5.41, 5.74) is 1.41. The number of benzene rings is 1. The van der Waals surface area contributed by atoms with Crippen LogP contribution in [0.5, 0.6) is 5.75 Å². The highest BCUT2D eigenvalue weighted by Gasteiger charge is 2.12. The first-order valence-corrected chi connectivity index (χ1v) is 6.14. The Labute approximate surface area is 112 Å². The van der Waals surface area contributed by atoms with Gasteiger partial charge in [0.2, 0.25) is 0 Å². The van der Waals surface area contributed by atoms with Crippen molar-refractivity contribution in [1.82, 2.24) is 10.3 Å². The summed E-state index contributed by atoms with van der Waals surface area (Å²) in [6.45, 7) is 2.56. The van der Waals surface area contributed by atoms with E-state index in [4.69, 9.17) is 0 Å². The van der Waals surface area contributed by atoms with Crippen LogP contribution in [0.4, 0.5) is 0 Å². The molecule has 19 heavy (non-hydrogen) atoms. The first kappa shape index (κ1) is 13.1. The molecule has 1 heterocycles. The van der Waals surface area contributed by atoms with Gasteiger partial charge >= 0.3 is 0 Å². The molecular weight excluding hydrogens is 240 g/mol. The van der Waals surface area contributed by atoms with Crippen LogP contribution in [0.3, 0.4) is 0 Å². The molecule has 1 unspecified atom stereocenters. The second-order valence-electron chi connectivity index (χ2n) is 4.41. The van der Waals surface area contributed by atoms with Crippen LogP contribution in [0, 0.1) is 0 Å². The Balaban J connectivity index is 1.96. The Bertz CT molecular complexity index is 555. The van der Waals surface area contributed by atoms with E-state index in [9.17, 15) is 9.90 Å². The average Bonchev–Trinajstić information content (AvgIpc) is 2.46. The molecule has 98 valence electrons. The average molecular weight is 256 g/mol. The number of carbonyl (C=O) groups excluding carboxylic acids is 1. The van der Waals surface area contributed by atoms with E-state index in [1.165, 1.54) is 24.0 Å². The van der Waals surface area contributed by atoms with Crippen LogP contribution in [0.15, 0.2) is 48.8 Å². The Kier molecular flexibility index (Phi) is 4.13.